The molecule has 0 saturated heterocycles. The number of hydrogen-bond donors (Lipinski definition) is 0. The van der Waals surface area contributed by atoms with E-state index in [9.17, 15) is 0 Å². The number of unbranched alkanes of at least 4 members (excludes halogenated alkanes) is 7. The molecule has 1 atom stereocenters. The summed E-state index contributed by atoms with van der Waals surface area (Å²) in [4.78, 5) is 0. The second kappa shape index (κ2) is 13.8. The highest BCUT2D eigenvalue weighted by molar-refractivity contribution is 6.92. The normalized spacial score (nSPS) is 13.0. The molecule has 0 saturated carbocycles. The fraction of sp³-hybridized carbons (Fsp3) is 0.556. The van der Waals surface area contributed by atoms with Crippen LogP contribution in [-0.2, 0) is 8.85 Å². The number of rotatable bonds is 15. The van der Waals surface area contributed by atoms with Gasteiger partial charge in [0.1, 0.15) is 0 Å². The van der Waals surface area contributed by atoms with Gasteiger partial charge in [-0.05, 0) is 29.6 Å². The van der Waals surface area contributed by atoms with E-state index in [2.05, 4.69) is 88.4 Å². The molecule has 30 heavy (non-hydrogen) atoms. The van der Waals surface area contributed by atoms with Gasteiger partial charge < -0.3 is 8.85 Å². The molecular formula is C27H42O2Si. The zero-order chi connectivity index (χ0) is 21.7. The summed E-state index contributed by atoms with van der Waals surface area (Å²) in [5, 5.41) is 2.39. The molecule has 2 aromatic rings. The molecule has 1 unspecified atom stereocenters. The van der Waals surface area contributed by atoms with Gasteiger partial charge in [0, 0.05) is 12.7 Å². The Morgan fingerprint density at radius 1 is 0.667 bits per heavy atom. The molecule has 0 amide bonds. The summed E-state index contributed by atoms with van der Waals surface area (Å²) in [6, 6.07) is 21.3. The van der Waals surface area contributed by atoms with Crippen LogP contribution in [0.1, 0.15) is 79.1 Å². The molecular weight excluding hydrogens is 384 g/mol. The average Bonchev–Trinajstić information content (AvgIpc) is 2.78. The van der Waals surface area contributed by atoms with E-state index < -0.39 is 8.56 Å². The van der Waals surface area contributed by atoms with Crippen LogP contribution in [0.5, 0.6) is 0 Å². The van der Waals surface area contributed by atoms with Crippen molar-refractivity contribution in [3.63, 3.8) is 0 Å². The van der Waals surface area contributed by atoms with Gasteiger partial charge in [-0.1, -0.05) is 126 Å². The fourth-order valence-electron chi connectivity index (χ4n) is 3.67. The van der Waals surface area contributed by atoms with Crippen LogP contribution in [0, 0.1) is 5.92 Å². The Bertz CT molecular complexity index is 632. The van der Waals surface area contributed by atoms with E-state index in [1.165, 1.54) is 55.3 Å². The molecule has 0 aliphatic carbocycles. The van der Waals surface area contributed by atoms with E-state index in [-0.39, 0.29) is 6.10 Å². The van der Waals surface area contributed by atoms with Gasteiger partial charge in [0.25, 0.3) is 0 Å². The monoisotopic (exact) mass is 426 g/mol. The Kier molecular flexibility index (Phi) is 11.4. The second-order valence-electron chi connectivity index (χ2n) is 8.74. The van der Waals surface area contributed by atoms with E-state index in [4.69, 9.17) is 8.85 Å². The van der Waals surface area contributed by atoms with Crippen LogP contribution >= 0.6 is 0 Å². The van der Waals surface area contributed by atoms with Crippen LogP contribution in [0.4, 0.5) is 0 Å². The third kappa shape index (κ3) is 7.68. The molecule has 0 aromatic heterocycles. The maximum atomic E-state index is 6.86. The molecule has 0 N–H and O–H groups in total. The summed E-state index contributed by atoms with van der Waals surface area (Å²) in [7, 11) is -2.76. The lowest BCUT2D eigenvalue weighted by Gasteiger charge is -2.35. The molecule has 0 radical (unpaired) electrons. The molecule has 2 nitrogen and oxygen atoms in total. The first kappa shape index (κ1) is 24.8. The second-order valence-corrected chi connectivity index (χ2v) is 11.7. The Morgan fingerprint density at radius 3 is 1.60 bits per heavy atom. The lowest BCUT2D eigenvalue weighted by molar-refractivity contribution is 0.109. The van der Waals surface area contributed by atoms with Crippen molar-refractivity contribution in [1.82, 2.24) is 0 Å². The van der Waals surface area contributed by atoms with Crippen molar-refractivity contribution in [3.05, 3.63) is 60.7 Å². The average molecular weight is 427 g/mol. The van der Waals surface area contributed by atoms with Crippen molar-refractivity contribution >= 4 is 18.9 Å². The van der Waals surface area contributed by atoms with Gasteiger partial charge in [0.2, 0.25) is 0 Å². The van der Waals surface area contributed by atoms with E-state index >= 15 is 0 Å². The van der Waals surface area contributed by atoms with Gasteiger partial charge in [-0.15, -0.1) is 0 Å². The van der Waals surface area contributed by atoms with E-state index in [0.29, 0.717) is 5.92 Å². The molecule has 0 fully saturated rings. The highest BCUT2D eigenvalue weighted by atomic mass is 28.4. The minimum Gasteiger partial charge on any atom is -0.388 e. The van der Waals surface area contributed by atoms with Gasteiger partial charge in [-0.3, -0.25) is 0 Å². The first-order valence-corrected chi connectivity index (χ1v) is 13.8. The van der Waals surface area contributed by atoms with Crippen LogP contribution in [-0.4, -0.2) is 21.3 Å². The van der Waals surface area contributed by atoms with Crippen LogP contribution in [0.2, 0.25) is 0 Å². The highest BCUT2D eigenvalue weighted by Crippen LogP contribution is 2.18. The third-order valence-electron chi connectivity index (χ3n) is 5.90. The van der Waals surface area contributed by atoms with Gasteiger partial charge >= 0.3 is 8.56 Å². The predicted octanol–water partition coefficient (Wildman–Crippen LogP) is 6.46. The van der Waals surface area contributed by atoms with Gasteiger partial charge in [0.05, 0.1) is 0 Å². The smallest absolute Gasteiger partial charge is 0.388 e. The van der Waals surface area contributed by atoms with Crippen LogP contribution < -0.4 is 10.4 Å². The molecule has 0 bridgehead atoms. The Hall–Kier alpha value is -1.42. The topological polar surface area (TPSA) is 18.5 Å². The number of benzene rings is 2. The molecule has 0 aliphatic rings. The maximum Gasteiger partial charge on any atom is 0.407 e. The molecule has 0 heterocycles. The standard InChI is InChI=1S/C27H42O2Si/c1-5-6-7-8-9-10-11-18-23-28-30(29-25(4)24(2)3,26-19-14-12-15-20-26)27-21-16-13-17-22-27/h12-17,19-22,24-25H,5-11,18,23H2,1-4H3. The van der Waals surface area contributed by atoms with Crippen LogP contribution in [0.3, 0.4) is 0 Å². The predicted molar refractivity (Wildman–Crippen MR) is 132 cm³/mol. The zero-order valence-corrected chi connectivity index (χ0v) is 20.6. The summed E-state index contributed by atoms with van der Waals surface area (Å²) in [6.45, 7) is 9.65. The van der Waals surface area contributed by atoms with E-state index in [1.807, 2.05) is 0 Å². The minimum atomic E-state index is -2.76. The Morgan fingerprint density at radius 2 is 1.13 bits per heavy atom. The van der Waals surface area contributed by atoms with Crippen molar-refractivity contribution in [2.75, 3.05) is 6.61 Å². The first-order valence-electron chi connectivity index (χ1n) is 12.0. The SMILES string of the molecule is CCCCCCCCCCO[Si](OC(C)C(C)C)(c1ccccc1)c1ccccc1. The van der Waals surface area contributed by atoms with Crippen molar-refractivity contribution < 1.29 is 8.85 Å². The summed E-state index contributed by atoms with van der Waals surface area (Å²) in [5.74, 6) is 0.441. The fourth-order valence-corrected chi connectivity index (χ4v) is 7.17. The van der Waals surface area contributed by atoms with Crippen molar-refractivity contribution in [1.29, 1.82) is 0 Å². The van der Waals surface area contributed by atoms with Crippen molar-refractivity contribution in [2.45, 2.75) is 85.2 Å². The maximum absolute atomic E-state index is 6.86. The lowest BCUT2D eigenvalue weighted by atomic mass is 10.1. The molecule has 0 spiro atoms. The van der Waals surface area contributed by atoms with Crippen LogP contribution in [0.15, 0.2) is 60.7 Å². The van der Waals surface area contributed by atoms with Gasteiger partial charge in [-0.25, -0.2) is 0 Å². The quantitative estimate of drug-likeness (QED) is 0.240. The molecule has 166 valence electrons. The Labute approximate surface area is 186 Å². The Balaban J connectivity index is 2.10. The molecule has 2 rings (SSSR count). The molecule has 2 aromatic carbocycles. The number of hydrogen-bond acceptors (Lipinski definition) is 2. The summed E-state index contributed by atoms with van der Waals surface area (Å²) < 4.78 is 13.6. The van der Waals surface area contributed by atoms with Crippen molar-refractivity contribution in [2.24, 2.45) is 5.92 Å². The summed E-state index contributed by atoms with van der Waals surface area (Å²) >= 11 is 0. The van der Waals surface area contributed by atoms with Crippen LogP contribution in [0.25, 0.3) is 0 Å². The van der Waals surface area contributed by atoms with Crippen molar-refractivity contribution in [3.8, 4) is 0 Å². The lowest BCUT2D eigenvalue weighted by Crippen LogP contribution is -2.65. The zero-order valence-electron chi connectivity index (χ0n) is 19.6. The summed E-state index contributed by atoms with van der Waals surface area (Å²) in [6.07, 6.45) is 10.6. The van der Waals surface area contributed by atoms with Gasteiger partial charge in [0.15, 0.2) is 0 Å². The molecule has 0 aliphatic heterocycles. The molecule has 3 heteroatoms. The minimum absolute atomic E-state index is 0.135. The first-order chi connectivity index (χ1) is 14.6. The van der Waals surface area contributed by atoms with E-state index in [1.54, 1.807) is 0 Å². The van der Waals surface area contributed by atoms with Gasteiger partial charge in [-0.2, -0.15) is 0 Å². The largest absolute Gasteiger partial charge is 0.407 e. The third-order valence-corrected chi connectivity index (χ3v) is 9.40. The highest BCUT2D eigenvalue weighted by Gasteiger charge is 2.44. The van der Waals surface area contributed by atoms with E-state index in [0.717, 1.165) is 13.0 Å². The summed E-state index contributed by atoms with van der Waals surface area (Å²) in [5.41, 5.74) is 0.